The highest BCUT2D eigenvalue weighted by atomic mass is 32.2. The second kappa shape index (κ2) is 7.04. The first-order chi connectivity index (χ1) is 13.0. The van der Waals surface area contributed by atoms with E-state index < -0.39 is 10.0 Å². The van der Waals surface area contributed by atoms with Crippen LogP contribution in [0.4, 0.5) is 11.4 Å². The van der Waals surface area contributed by atoms with Gasteiger partial charge < -0.3 is 4.90 Å². The molecule has 27 heavy (non-hydrogen) atoms. The van der Waals surface area contributed by atoms with E-state index in [1.807, 2.05) is 24.3 Å². The van der Waals surface area contributed by atoms with E-state index in [4.69, 9.17) is 0 Å². The summed E-state index contributed by atoms with van der Waals surface area (Å²) in [7, 11) is -3.68. The fraction of sp³-hybridized carbons (Fsp3) is 0.190. The Balaban J connectivity index is 1.55. The summed E-state index contributed by atoms with van der Waals surface area (Å²) >= 11 is 0. The van der Waals surface area contributed by atoms with Gasteiger partial charge in [-0.1, -0.05) is 30.3 Å². The Labute approximate surface area is 158 Å². The van der Waals surface area contributed by atoms with Crippen LogP contribution in [0, 0.1) is 0 Å². The average Bonchev–Trinajstić information content (AvgIpc) is 2.68. The standard InChI is InChI=1S/C21H20N2O3S/c24-21-7-3-4-14-23(21)19-11-9-18(10-12-19)22-27(25,26)20-13-8-16-5-1-2-6-17(16)15-20/h1-2,5-6,8-13,15,22H,3-4,7,14H2. The molecule has 6 heteroatoms. The summed E-state index contributed by atoms with van der Waals surface area (Å²) in [5, 5.41) is 1.87. The molecule has 1 saturated heterocycles. The third-order valence-electron chi connectivity index (χ3n) is 4.79. The fourth-order valence-corrected chi connectivity index (χ4v) is 4.43. The van der Waals surface area contributed by atoms with Crippen LogP contribution in [-0.4, -0.2) is 20.9 Å². The zero-order chi connectivity index (χ0) is 18.9. The molecule has 1 amide bonds. The molecule has 0 atom stereocenters. The van der Waals surface area contributed by atoms with Gasteiger partial charge >= 0.3 is 0 Å². The zero-order valence-electron chi connectivity index (χ0n) is 14.8. The van der Waals surface area contributed by atoms with E-state index in [1.54, 1.807) is 47.4 Å². The number of sulfonamides is 1. The van der Waals surface area contributed by atoms with Crippen LogP contribution < -0.4 is 9.62 Å². The molecule has 1 aliphatic heterocycles. The lowest BCUT2D eigenvalue weighted by atomic mass is 10.1. The maximum absolute atomic E-state index is 12.7. The third kappa shape index (κ3) is 3.66. The van der Waals surface area contributed by atoms with Gasteiger partial charge in [0.25, 0.3) is 10.0 Å². The third-order valence-corrected chi connectivity index (χ3v) is 6.16. The van der Waals surface area contributed by atoms with Crippen molar-refractivity contribution in [3.8, 4) is 0 Å². The van der Waals surface area contributed by atoms with Crippen LogP contribution in [0.2, 0.25) is 0 Å². The van der Waals surface area contributed by atoms with Crippen LogP contribution in [0.1, 0.15) is 19.3 Å². The summed E-state index contributed by atoms with van der Waals surface area (Å²) < 4.78 is 28.0. The SMILES string of the molecule is O=C1CCCCN1c1ccc(NS(=O)(=O)c2ccc3ccccc3c2)cc1. The molecule has 0 aliphatic carbocycles. The van der Waals surface area contributed by atoms with Crippen LogP contribution in [-0.2, 0) is 14.8 Å². The second-order valence-electron chi connectivity index (χ2n) is 6.66. The zero-order valence-corrected chi connectivity index (χ0v) is 15.6. The summed E-state index contributed by atoms with van der Waals surface area (Å²) in [5.41, 5.74) is 1.27. The van der Waals surface area contributed by atoms with Crippen molar-refractivity contribution < 1.29 is 13.2 Å². The second-order valence-corrected chi connectivity index (χ2v) is 8.35. The number of hydrogen-bond donors (Lipinski definition) is 1. The van der Waals surface area contributed by atoms with E-state index in [9.17, 15) is 13.2 Å². The number of piperidine rings is 1. The van der Waals surface area contributed by atoms with Crippen molar-refractivity contribution in [3.05, 3.63) is 66.7 Å². The van der Waals surface area contributed by atoms with Crippen molar-refractivity contribution in [1.82, 2.24) is 0 Å². The monoisotopic (exact) mass is 380 g/mol. The van der Waals surface area contributed by atoms with E-state index >= 15 is 0 Å². The first-order valence-electron chi connectivity index (χ1n) is 8.95. The molecule has 1 fully saturated rings. The van der Waals surface area contributed by atoms with Gasteiger partial charge in [0.1, 0.15) is 0 Å². The molecule has 0 bridgehead atoms. The molecule has 0 aromatic heterocycles. The van der Waals surface area contributed by atoms with Gasteiger partial charge in [0.2, 0.25) is 5.91 Å². The van der Waals surface area contributed by atoms with Crippen LogP contribution in [0.15, 0.2) is 71.6 Å². The Bertz CT molecular complexity index is 1090. The number of nitrogens with one attached hydrogen (secondary N) is 1. The fourth-order valence-electron chi connectivity index (χ4n) is 3.34. The van der Waals surface area contributed by atoms with E-state index in [1.165, 1.54) is 0 Å². The van der Waals surface area contributed by atoms with Gasteiger partial charge in [-0.15, -0.1) is 0 Å². The number of fused-ring (bicyclic) bond motifs is 1. The van der Waals surface area contributed by atoms with Gasteiger partial charge in [-0.05, 0) is 60.0 Å². The van der Waals surface area contributed by atoms with Crippen LogP contribution in [0.25, 0.3) is 10.8 Å². The lowest BCUT2D eigenvalue weighted by Gasteiger charge is -2.26. The van der Waals surface area contributed by atoms with Gasteiger partial charge in [0.15, 0.2) is 0 Å². The number of amides is 1. The average molecular weight is 380 g/mol. The Hall–Kier alpha value is -2.86. The molecule has 0 unspecified atom stereocenters. The maximum Gasteiger partial charge on any atom is 0.261 e. The van der Waals surface area contributed by atoms with Crippen molar-refractivity contribution in [2.45, 2.75) is 24.2 Å². The molecule has 138 valence electrons. The number of rotatable bonds is 4. The summed E-state index contributed by atoms with van der Waals surface area (Å²) in [6.45, 7) is 0.709. The van der Waals surface area contributed by atoms with E-state index in [0.29, 0.717) is 18.7 Å². The minimum atomic E-state index is -3.68. The smallest absolute Gasteiger partial charge is 0.261 e. The molecule has 0 radical (unpaired) electrons. The lowest BCUT2D eigenvalue weighted by Crippen LogP contribution is -2.35. The van der Waals surface area contributed by atoms with Crippen molar-refractivity contribution in [2.24, 2.45) is 0 Å². The van der Waals surface area contributed by atoms with Crippen molar-refractivity contribution >= 4 is 38.1 Å². The molecule has 3 aromatic rings. The molecule has 1 aliphatic rings. The largest absolute Gasteiger partial charge is 0.312 e. The van der Waals surface area contributed by atoms with Crippen molar-refractivity contribution in [2.75, 3.05) is 16.2 Å². The predicted octanol–water partition coefficient (Wildman–Crippen LogP) is 4.16. The Morgan fingerprint density at radius 3 is 2.33 bits per heavy atom. The quantitative estimate of drug-likeness (QED) is 0.739. The first kappa shape index (κ1) is 17.5. The predicted molar refractivity (Wildman–Crippen MR) is 107 cm³/mol. The molecule has 3 aromatic carbocycles. The van der Waals surface area contributed by atoms with E-state index in [2.05, 4.69) is 4.72 Å². The maximum atomic E-state index is 12.7. The van der Waals surface area contributed by atoms with Gasteiger partial charge in [0, 0.05) is 24.3 Å². The highest BCUT2D eigenvalue weighted by Gasteiger charge is 2.20. The van der Waals surface area contributed by atoms with Crippen LogP contribution in [0.3, 0.4) is 0 Å². The van der Waals surface area contributed by atoms with Crippen molar-refractivity contribution in [3.63, 3.8) is 0 Å². The minimum absolute atomic E-state index is 0.116. The number of carbonyl (C=O) groups is 1. The van der Waals surface area contributed by atoms with Gasteiger partial charge in [-0.2, -0.15) is 0 Å². The van der Waals surface area contributed by atoms with E-state index in [0.717, 1.165) is 29.3 Å². The Morgan fingerprint density at radius 1 is 0.852 bits per heavy atom. The number of hydrogen-bond acceptors (Lipinski definition) is 3. The Morgan fingerprint density at radius 2 is 1.59 bits per heavy atom. The van der Waals surface area contributed by atoms with Crippen LogP contribution >= 0.6 is 0 Å². The summed E-state index contributed by atoms with van der Waals surface area (Å²) in [5.74, 6) is 0.116. The highest BCUT2D eigenvalue weighted by Crippen LogP contribution is 2.25. The number of benzene rings is 3. The topological polar surface area (TPSA) is 66.5 Å². The lowest BCUT2D eigenvalue weighted by molar-refractivity contribution is -0.119. The molecular formula is C21H20N2O3S. The van der Waals surface area contributed by atoms with Gasteiger partial charge in [-0.25, -0.2) is 8.42 Å². The number of nitrogens with zero attached hydrogens (tertiary/aromatic N) is 1. The highest BCUT2D eigenvalue weighted by molar-refractivity contribution is 7.92. The van der Waals surface area contributed by atoms with Gasteiger partial charge in [-0.3, -0.25) is 9.52 Å². The summed E-state index contributed by atoms with van der Waals surface area (Å²) in [6, 6.07) is 19.6. The van der Waals surface area contributed by atoms with Crippen LogP contribution in [0.5, 0.6) is 0 Å². The normalized spacial score (nSPS) is 15.1. The molecule has 0 saturated carbocycles. The van der Waals surface area contributed by atoms with Gasteiger partial charge in [0.05, 0.1) is 4.90 Å². The molecule has 4 rings (SSSR count). The number of anilines is 2. The number of carbonyl (C=O) groups excluding carboxylic acids is 1. The molecule has 5 nitrogen and oxygen atoms in total. The minimum Gasteiger partial charge on any atom is -0.312 e. The van der Waals surface area contributed by atoms with Crippen molar-refractivity contribution in [1.29, 1.82) is 0 Å². The summed E-state index contributed by atoms with van der Waals surface area (Å²) in [4.78, 5) is 14.0. The summed E-state index contributed by atoms with van der Waals surface area (Å²) in [6.07, 6.45) is 2.48. The molecule has 1 N–H and O–H groups in total. The molecular weight excluding hydrogens is 360 g/mol. The van der Waals surface area contributed by atoms with E-state index in [-0.39, 0.29) is 10.8 Å². The first-order valence-corrected chi connectivity index (χ1v) is 10.4. The molecule has 1 heterocycles. The Kier molecular flexibility index (Phi) is 4.58. The molecule has 0 spiro atoms.